The summed E-state index contributed by atoms with van der Waals surface area (Å²) in [6.45, 7) is 8.56. The average Bonchev–Trinajstić information content (AvgIpc) is 3.48. The average molecular weight is 439 g/mol. The number of pyridine rings is 1. The highest BCUT2D eigenvalue weighted by molar-refractivity contribution is 7.11. The molecule has 0 radical (unpaired) electrons. The van der Waals surface area contributed by atoms with E-state index in [4.69, 9.17) is 14.1 Å². The minimum absolute atomic E-state index is 0.271. The first kappa shape index (κ1) is 20.1. The molecule has 9 heteroatoms. The molecule has 0 spiro atoms. The Morgan fingerprint density at radius 1 is 1.26 bits per heavy atom. The molecule has 4 aromatic heterocycles. The van der Waals surface area contributed by atoms with E-state index in [9.17, 15) is 0 Å². The van der Waals surface area contributed by atoms with Gasteiger partial charge in [-0.15, -0.1) is 21.5 Å². The molecule has 0 atom stereocenters. The minimum atomic E-state index is 0.271. The van der Waals surface area contributed by atoms with Crippen LogP contribution < -0.4 is 5.36 Å². The molecule has 5 rings (SSSR count). The predicted molar refractivity (Wildman–Crippen MR) is 119 cm³/mol. The van der Waals surface area contributed by atoms with Gasteiger partial charge >= 0.3 is 0 Å². The van der Waals surface area contributed by atoms with Crippen LogP contribution in [-0.2, 0) is 17.7 Å². The van der Waals surface area contributed by atoms with Crippen LogP contribution in [-0.4, -0.2) is 44.0 Å². The van der Waals surface area contributed by atoms with Gasteiger partial charge in [0.2, 0.25) is 5.89 Å². The van der Waals surface area contributed by atoms with Crippen LogP contribution in [0.4, 0.5) is 0 Å². The molecule has 31 heavy (non-hydrogen) atoms. The number of rotatable bonds is 5. The van der Waals surface area contributed by atoms with Crippen LogP contribution in [0.1, 0.15) is 41.2 Å². The first-order chi connectivity index (χ1) is 15.1. The zero-order valence-electron chi connectivity index (χ0n) is 18.0. The lowest BCUT2D eigenvalue weighted by molar-refractivity contribution is 0.0864. The Balaban J connectivity index is 1.56. The molecule has 0 saturated carbocycles. The molecule has 1 aliphatic rings. The summed E-state index contributed by atoms with van der Waals surface area (Å²) in [5.41, 5.74) is 2.92. The van der Waals surface area contributed by atoms with Crippen molar-refractivity contribution in [3.05, 3.63) is 45.3 Å². The number of thiazole rings is 1. The zero-order chi connectivity index (χ0) is 21.4. The van der Waals surface area contributed by atoms with E-state index < -0.39 is 0 Å². The van der Waals surface area contributed by atoms with E-state index in [-0.39, 0.29) is 6.04 Å². The maximum Gasteiger partial charge on any atom is 0.264 e. The van der Waals surface area contributed by atoms with Gasteiger partial charge in [0.25, 0.3) is 5.89 Å². The van der Waals surface area contributed by atoms with Crippen molar-refractivity contribution < 1.29 is 9.15 Å². The van der Waals surface area contributed by atoms with Gasteiger partial charge in [0.15, 0.2) is 0 Å². The van der Waals surface area contributed by atoms with E-state index in [1.54, 1.807) is 11.3 Å². The van der Waals surface area contributed by atoms with E-state index >= 15 is 0 Å². The van der Waals surface area contributed by atoms with E-state index in [0.29, 0.717) is 18.2 Å². The molecule has 0 aromatic carbocycles. The summed E-state index contributed by atoms with van der Waals surface area (Å²) in [4.78, 5) is 14.1. The molecule has 0 aliphatic carbocycles. The second-order valence-electron chi connectivity index (χ2n) is 7.80. The number of fused-ring (bicyclic) bond motifs is 1. The van der Waals surface area contributed by atoms with E-state index in [1.165, 1.54) is 0 Å². The van der Waals surface area contributed by atoms with E-state index in [1.807, 2.05) is 20.0 Å². The third-order valence-electron chi connectivity index (χ3n) is 5.68. The van der Waals surface area contributed by atoms with Crippen molar-refractivity contribution >= 4 is 22.2 Å². The Kier molecular flexibility index (Phi) is 5.45. The van der Waals surface area contributed by atoms with Crippen LogP contribution in [0.5, 0.6) is 0 Å². The van der Waals surface area contributed by atoms with Gasteiger partial charge in [-0.25, -0.2) is 4.98 Å². The standard InChI is InChI=1S/C22H26N6O2S/c1-4-28-8-5-16(25-15-6-9-29-10-7-15)20-17(28)12-23-21(20)22-27-26-19(30-22)11-18-13(2)24-14(3)31-18/h5,8,12,15,23H,4,6-7,9-11H2,1-3H3. The Morgan fingerprint density at radius 2 is 2.10 bits per heavy atom. The highest BCUT2D eigenvalue weighted by atomic mass is 32.1. The molecule has 0 unspecified atom stereocenters. The van der Waals surface area contributed by atoms with E-state index in [2.05, 4.69) is 43.9 Å². The molecule has 1 saturated heterocycles. The number of H-pyrrole nitrogens is 1. The molecular weight excluding hydrogens is 412 g/mol. The van der Waals surface area contributed by atoms with Crippen molar-refractivity contribution in [3.63, 3.8) is 0 Å². The fourth-order valence-corrected chi connectivity index (χ4v) is 5.01. The maximum absolute atomic E-state index is 6.08. The van der Waals surface area contributed by atoms with Crippen LogP contribution in [0.3, 0.4) is 0 Å². The molecule has 1 aliphatic heterocycles. The van der Waals surface area contributed by atoms with Crippen molar-refractivity contribution in [1.82, 2.24) is 24.7 Å². The van der Waals surface area contributed by atoms with Crippen LogP contribution in [0.25, 0.3) is 22.5 Å². The second-order valence-corrected chi connectivity index (χ2v) is 9.09. The van der Waals surface area contributed by atoms with Crippen molar-refractivity contribution in [2.45, 2.75) is 52.6 Å². The number of aromatic amines is 1. The quantitative estimate of drug-likeness (QED) is 0.512. The van der Waals surface area contributed by atoms with Crippen LogP contribution >= 0.6 is 11.3 Å². The number of hydrogen-bond acceptors (Lipinski definition) is 7. The summed E-state index contributed by atoms with van der Waals surface area (Å²) >= 11 is 1.67. The molecule has 0 amide bonds. The summed E-state index contributed by atoms with van der Waals surface area (Å²) in [7, 11) is 0. The zero-order valence-corrected chi connectivity index (χ0v) is 18.8. The highest BCUT2D eigenvalue weighted by Gasteiger charge is 2.19. The maximum atomic E-state index is 6.08. The van der Waals surface area contributed by atoms with Gasteiger partial charge in [-0.2, -0.15) is 0 Å². The fraction of sp³-hybridized carbons (Fsp3) is 0.455. The number of hydrogen-bond donors (Lipinski definition) is 1. The van der Waals surface area contributed by atoms with Crippen molar-refractivity contribution in [2.24, 2.45) is 4.99 Å². The Bertz CT molecular complexity index is 1270. The fourth-order valence-electron chi connectivity index (χ4n) is 4.09. The van der Waals surface area contributed by atoms with Gasteiger partial charge in [0.05, 0.1) is 39.4 Å². The first-order valence-corrected chi connectivity index (χ1v) is 11.5. The minimum Gasteiger partial charge on any atom is -0.419 e. The summed E-state index contributed by atoms with van der Waals surface area (Å²) < 4.78 is 13.8. The van der Waals surface area contributed by atoms with Gasteiger partial charge in [-0.05, 0) is 39.7 Å². The third kappa shape index (κ3) is 3.95. The molecule has 8 nitrogen and oxygen atoms in total. The van der Waals surface area contributed by atoms with Gasteiger partial charge in [0, 0.05) is 37.0 Å². The largest absolute Gasteiger partial charge is 0.419 e. The molecule has 4 aromatic rings. The lowest BCUT2D eigenvalue weighted by atomic mass is 10.1. The van der Waals surface area contributed by atoms with Gasteiger partial charge in [-0.1, -0.05) is 0 Å². The number of ether oxygens (including phenoxy) is 1. The normalized spacial score (nSPS) is 15.9. The Morgan fingerprint density at radius 3 is 2.84 bits per heavy atom. The molecular formula is C22H26N6O2S. The summed E-state index contributed by atoms with van der Waals surface area (Å²) in [6.07, 6.45) is 6.58. The van der Waals surface area contributed by atoms with Crippen LogP contribution in [0.2, 0.25) is 0 Å². The first-order valence-electron chi connectivity index (χ1n) is 10.7. The lowest BCUT2D eigenvalue weighted by Gasteiger charge is -2.18. The molecule has 0 bridgehead atoms. The number of nitrogens with zero attached hydrogens (tertiary/aromatic N) is 5. The molecule has 162 valence electrons. The Hall–Kier alpha value is -2.78. The number of aromatic nitrogens is 5. The van der Waals surface area contributed by atoms with Gasteiger partial charge < -0.3 is 18.7 Å². The summed E-state index contributed by atoms with van der Waals surface area (Å²) in [6, 6.07) is 2.35. The van der Waals surface area contributed by atoms with E-state index in [0.717, 1.165) is 70.1 Å². The predicted octanol–water partition coefficient (Wildman–Crippen LogP) is 3.78. The SMILES string of the molecule is CCn1ccc(=NC2CCOCC2)c2c(-c3nnc(Cc4sc(C)nc4C)o3)[nH]cc21. The van der Waals surface area contributed by atoms with Crippen molar-refractivity contribution in [1.29, 1.82) is 0 Å². The topological polar surface area (TPSA) is 94.1 Å². The highest BCUT2D eigenvalue weighted by Crippen LogP contribution is 2.27. The molecule has 1 fully saturated rings. The summed E-state index contributed by atoms with van der Waals surface area (Å²) in [5, 5.41) is 11.7. The monoisotopic (exact) mass is 438 g/mol. The van der Waals surface area contributed by atoms with Crippen molar-refractivity contribution in [3.8, 4) is 11.6 Å². The number of aryl methyl sites for hydroxylation is 3. The smallest absolute Gasteiger partial charge is 0.264 e. The number of nitrogens with one attached hydrogen (secondary N) is 1. The van der Waals surface area contributed by atoms with Gasteiger partial charge in [-0.3, -0.25) is 4.99 Å². The van der Waals surface area contributed by atoms with Crippen LogP contribution in [0.15, 0.2) is 27.9 Å². The Labute approximate surface area is 184 Å². The van der Waals surface area contributed by atoms with Crippen molar-refractivity contribution in [2.75, 3.05) is 13.2 Å². The summed E-state index contributed by atoms with van der Waals surface area (Å²) in [5.74, 6) is 1.08. The molecule has 5 heterocycles. The van der Waals surface area contributed by atoms with Crippen LogP contribution in [0, 0.1) is 13.8 Å². The third-order valence-corrected chi connectivity index (χ3v) is 6.76. The lowest BCUT2D eigenvalue weighted by Crippen LogP contribution is -2.22. The second kappa shape index (κ2) is 8.39. The molecule has 1 N–H and O–H groups in total. The van der Waals surface area contributed by atoms with Gasteiger partial charge in [0.1, 0.15) is 5.69 Å².